The van der Waals surface area contributed by atoms with Crippen molar-refractivity contribution < 1.29 is 5.11 Å². The number of rotatable bonds is 3. The van der Waals surface area contributed by atoms with Crippen LogP contribution >= 0.6 is 0 Å². The van der Waals surface area contributed by atoms with Crippen LogP contribution in [-0.4, -0.2) is 14.5 Å². The van der Waals surface area contributed by atoms with Gasteiger partial charge < -0.3 is 14.8 Å². The summed E-state index contributed by atoms with van der Waals surface area (Å²) in [6.45, 7) is 0.659. The Morgan fingerprint density at radius 1 is 1.11 bits per heavy atom. The highest BCUT2D eigenvalue weighted by molar-refractivity contribution is 5.47. The van der Waals surface area contributed by atoms with Crippen LogP contribution in [0.2, 0.25) is 0 Å². The first-order chi connectivity index (χ1) is 8.81. The molecule has 3 aromatic rings. The van der Waals surface area contributed by atoms with Crippen LogP contribution < -0.4 is 5.32 Å². The fourth-order valence-corrected chi connectivity index (χ4v) is 1.84. The van der Waals surface area contributed by atoms with Crippen molar-refractivity contribution in [3.05, 3.63) is 60.6 Å². The van der Waals surface area contributed by atoms with E-state index in [4.69, 9.17) is 0 Å². The number of anilines is 1. The van der Waals surface area contributed by atoms with Crippen molar-refractivity contribution in [2.24, 2.45) is 0 Å². The predicted molar refractivity (Wildman–Crippen MR) is 70.6 cm³/mol. The third kappa shape index (κ3) is 2.13. The number of hydrogen-bond acceptors (Lipinski definition) is 3. The fraction of sp³-hybridized carbons (Fsp3) is 0.0714. The van der Waals surface area contributed by atoms with Crippen LogP contribution in [0, 0.1) is 0 Å². The van der Waals surface area contributed by atoms with Crippen LogP contribution in [0.3, 0.4) is 0 Å². The highest BCUT2D eigenvalue weighted by Gasteiger charge is 2.00. The molecular formula is C14H13N3O. The monoisotopic (exact) mass is 239 g/mol. The molecule has 0 bridgehead atoms. The Labute approximate surface area is 105 Å². The van der Waals surface area contributed by atoms with Crippen LogP contribution in [0.5, 0.6) is 5.75 Å². The van der Waals surface area contributed by atoms with E-state index in [-0.39, 0.29) is 5.75 Å². The summed E-state index contributed by atoms with van der Waals surface area (Å²) in [6.07, 6.45) is 3.98. The molecule has 2 heterocycles. The molecule has 0 aliphatic carbocycles. The normalized spacial score (nSPS) is 10.7. The van der Waals surface area contributed by atoms with Crippen LogP contribution in [-0.2, 0) is 6.54 Å². The van der Waals surface area contributed by atoms with Gasteiger partial charge in [0.15, 0.2) is 0 Å². The summed E-state index contributed by atoms with van der Waals surface area (Å²) in [5.41, 5.74) is 2.89. The SMILES string of the molecule is Oc1ccc(NCc2cn3ccccc3n2)cc1. The van der Waals surface area contributed by atoms with Gasteiger partial charge in [0, 0.05) is 18.1 Å². The van der Waals surface area contributed by atoms with Gasteiger partial charge in [0.2, 0.25) is 0 Å². The van der Waals surface area contributed by atoms with E-state index < -0.39 is 0 Å². The summed E-state index contributed by atoms with van der Waals surface area (Å²) in [7, 11) is 0. The molecule has 0 aliphatic rings. The molecular weight excluding hydrogens is 226 g/mol. The Balaban J connectivity index is 1.74. The van der Waals surface area contributed by atoms with E-state index in [0.717, 1.165) is 17.0 Å². The highest BCUT2D eigenvalue weighted by Crippen LogP contribution is 2.14. The maximum absolute atomic E-state index is 9.19. The van der Waals surface area contributed by atoms with Gasteiger partial charge >= 0.3 is 0 Å². The largest absolute Gasteiger partial charge is 0.508 e. The van der Waals surface area contributed by atoms with E-state index in [1.807, 2.05) is 47.1 Å². The van der Waals surface area contributed by atoms with E-state index in [1.165, 1.54) is 0 Å². The number of imidazole rings is 1. The molecule has 90 valence electrons. The van der Waals surface area contributed by atoms with Crippen LogP contribution in [0.25, 0.3) is 5.65 Å². The van der Waals surface area contributed by atoms with Crippen molar-refractivity contribution in [2.45, 2.75) is 6.54 Å². The number of nitrogens with zero attached hydrogens (tertiary/aromatic N) is 2. The second kappa shape index (κ2) is 4.41. The van der Waals surface area contributed by atoms with Crippen LogP contribution in [0.4, 0.5) is 5.69 Å². The smallest absolute Gasteiger partial charge is 0.137 e. The average molecular weight is 239 g/mol. The van der Waals surface area contributed by atoms with Crippen molar-refractivity contribution >= 4 is 11.3 Å². The molecule has 0 spiro atoms. The van der Waals surface area contributed by atoms with Gasteiger partial charge in [-0.1, -0.05) is 6.07 Å². The fourth-order valence-electron chi connectivity index (χ4n) is 1.84. The summed E-state index contributed by atoms with van der Waals surface area (Å²) in [6, 6.07) is 12.9. The standard InChI is InChI=1S/C14H13N3O/c18-13-6-4-11(5-7-13)15-9-12-10-17-8-2-1-3-14(17)16-12/h1-8,10,15,18H,9H2. The lowest BCUT2D eigenvalue weighted by Gasteiger charge is -2.03. The molecule has 18 heavy (non-hydrogen) atoms. The Morgan fingerprint density at radius 2 is 1.94 bits per heavy atom. The minimum absolute atomic E-state index is 0.272. The molecule has 4 heteroatoms. The van der Waals surface area contributed by atoms with Crippen LogP contribution in [0.1, 0.15) is 5.69 Å². The molecule has 2 N–H and O–H groups in total. The third-order valence-electron chi connectivity index (χ3n) is 2.75. The number of hydrogen-bond donors (Lipinski definition) is 2. The van der Waals surface area contributed by atoms with Gasteiger partial charge in [-0.3, -0.25) is 0 Å². The maximum atomic E-state index is 9.19. The molecule has 3 rings (SSSR count). The number of pyridine rings is 1. The summed E-state index contributed by atoms with van der Waals surface area (Å²) < 4.78 is 1.99. The van der Waals surface area contributed by atoms with Crippen molar-refractivity contribution in [2.75, 3.05) is 5.32 Å². The third-order valence-corrected chi connectivity index (χ3v) is 2.75. The molecule has 2 aromatic heterocycles. The summed E-state index contributed by atoms with van der Waals surface area (Å²) in [5.74, 6) is 0.272. The molecule has 0 radical (unpaired) electrons. The molecule has 0 saturated heterocycles. The first-order valence-electron chi connectivity index (χ1n) is 5.77. The van der Waals surface area contributed by atoms with Crippen molar-refractivity contribution in [3.8, 4) is 5.75 Å². The number of benzene rings is 1. The maximum Gasteiger partial charge on any atom is 0.137 e. The lowest BCUT2D eigenvalue weighted by Crippen LogP contribution is -1.98. The molecule has 4 nitrogen and oxygen atoms in total. The van der Waals surface area contributed by atoms with E-state index in [0.29, 0.717) is 6.54 Å². The molecule has 1 aromatic carbocycles. The van der Waals surface area contributed by atoms with Crippen molar-refractivity contribution in [1.82, 2.24) is 9.38 Å². The van der Waals surface area contributed by atoms with Gasteiger partial charge in [-0.2, -0.15) is 0 Å². The van der Waals surface area contributed by atoms with E-state index in [1.54, 1.807) is 12.1 Å². The molecule has 0 aliphatic heterocycles. The molecule has 0 fully saturated rings. The second-order valence-corrected chi connectivity index (χ2v) is 4.10. The minimum atomic E-state index is 0.272. The first-order valence-corrected chi connectivity index (χ1v) is 5.77. The number of aromatic nitrogens is 2. The Bertz CT molecular complexity index is 625. The minimum Gasteiger partial charge on any atom is -0.508 e. The number of aromatic hydroxyl groups is 1. The van der Waals surface area contributed by atoms with Crippen molar-refractivity contribution in [1.29, 1.82) is 0 Å². The summed E-state index contributed by atoms with van der Waals surface area (Å²) >= 11 is 0. The Morgan fingerprint density at radius 3 is 2.72 bits per heavy atom. The summed E-state index contributed by atoms with van der Waals surface area (Å²) in [4.78, 5) is 4.50. The van der Waals surface area contributed by atoms with Gasteiger partial charge in [0.25, 0.3) is 0 Å². The van der Waals surface area contributed by atoms with Gasteiger partial charge in [-0.05, 0) is 36.4 Å². The van der Waals surface area contributed by atoms with Gasteiger partial charge in [-0.25, -0.2) is 4.98 Å². The highest BCUT2D eigenvalue weighted by atomic mass is 16.3. The topological polar surface area (TPSA) is 49.6 Å². The van der Waals surface area contributed by atoms with Gasteiger partial charge in [0.1, 0.15) is 11.4 Å². The lowest BCUT2D eigenvalue weighted by atomic mass is 10.3. The number of nitrogens with one attached hydrogen (secondary N) is 1. The predicted octanol–water partition coefficient (Wildman–Crippen LogP) is 2.65. The van der Waals surface area contributed by atoms with Gasteiger partial charge in [0.05, 0.1) is 12.2 Å². The second-order valence-electron chi connectivity index (χ2n) is 4.10. The quantitative estimate of drug-likeness (QED) is 0.691. The van der Waals surface area contributed by atoms with Crippen LogP contribution in [0.15, 0.2) is 54.9 Å². The molecule has 0 saturated carbocycles. The average Bonchev–Trinajstić information content (AvgIpc) is 2.81. The van der Waals surface area contributed by atoms with E-state index in [2.05, 4.69) is 10.3 Å². The zero-order chi connectivity index (χ0) is 12.4. The van der Waals surface area contributed by atoms with E-state index >= 15 is 0 Å². The number of fused-ring (bicyclic) bond motifs is 1. The summed E-state index contributed by atoms with van der Waals surface area (Å²) in [5, 5.41) is 12.5. The van der Waals surface area contributed by atoms with E-state index in [9.17, 15) is 5.11 Å². The Hall–Kier alpha value is -2.49. The number of phenols is 1. The molecule has 0 unspecified atom stereocenters. The Kier molecular flexibility index (Phi) is 2.61. The molecule has 0 amide bonds. The van der Waals surface area contributed by atoms with Gasteiger partial charge in [-0.15, -0.1) is 0 Å². The van der Waals surface area contributed by atoms with Crippen molar-refractivity contribution in [3.63, 3.8) is 0 Å². The lowest BCUT2D eigenvalue weighted by molar-refractivity contribution is 0.475. The zero-order valence-corrected chi connectivity index (χ0v) is 9.74. The molecule has 0 atom stereocenters. The zero-order valence-electron chi connectivity index (χ0n) is 9.74. The first kappa shape index (κ1) is 10.7. The number of phenolic OH excluding ortho intramolecular Hbond substituents is 1.